The molecule has 10 heteroatoms. The van der Waals surface area contributed by atoms with Gasteiger partial charge in [0.15, 0.2) is 0 Å². The number of hydrogen-bond acceptors (Lipinski definition) is 1. The van der Waals surface area contributed by atoms with Crippen LogP contribution in [0.1, 0.15) is 122 Å². The topological polar surface area (TPSA) is 20.2 Å². The fraction of sp³-hybridized carbons (Fsp3) is 0.923. The van der Waals surface area contributed by atoms with Crippen LogP contribution in [0.3, 0.4) is 0 Å². The van der Waals surface area contributed by atoms with E-state index in [4.69, 9.17) is 5.11 Å². The molecule has 0 saturated heterocycles. The molecule has 0 atom stereocenters. The number of aliphatic hydroxyl groups excluding tert-OH is 1. The van der Waals surface area contributed by atoms with E-state index in [1.807, 2.05) is 0 Å². The number of allylic oxidation sites excluding steroid dienone is 2. The molecular weight excluding hydrogens is 499 g/mol. The molecule has 0 aromatic carbocycles. The van der Waals surface area contributed by atoms with Crippen molar-refractivity contribution in [3.63, 3.8) is 0 Å². The van der Waals surface area contributed by atoms with Crippen LogP contribution < -0.4 is 0 Å². The highest BCUT2D eigenvalue weighted by molar-refractivity contribution is 5.10. The zero-order valence-corrected chi connectivity index (χ0v) is 21.1. The summed E-state index contributed by atoms with van der Waals surface area (Å²) < 4.78 is 115. The minimum atomic E-state index is -6.84. The molecule has 0 aliphatic rings. The van der Waals surface area contributed by atoms with Crippen molar-refractivity contribution in [2.75, 3.05) is 6.61 Å². The molecule has 0 fully saturated rings. The van der Waals surface area contributed by atoms with Crippen molar-refractivity contribution in [1.82, 2.24) is 0 Å². The fourth-order valence-electron chi connectivity index (χ4n) is 3.93. The highest BCUT2D eigenvalue weighted by atomic mass is 19.4. The largest absolute Gasteiger partial charge is 0.460 e. The Morgan fingerprint density at radius 2 is 0.722 bits per heavy atom. The Labute approximate surface area is 209 Å². The molecule has 0 radical (unpaired) electrons. The smallest absolute Gasteiger partial charge is 0.396 e. The quantitative estimate of drug-likeness (QED) is 0.0774. The highest BCUT2D eigenvalue weighted by Gasteiger charge is 2.81. The zero-order chi connectivity index (χ0) is 27.6. The predicted molar refractivity (Wildman–Crippen MR) is 125 cm³/mol. The van der Waals surface area contributed by atoms with Crippen LogP contribution in [0.5, 0.6) is 0 Å². The number of hydrogen-bond donors (Lipinski definition) is 1. The van der Waals surface area contributed by atoms with Gasteiger partial charge in [0.1, 0.15) is 0 Å². The van der Waals surface area contributed by atoms with Gasteiger partial charge in [-0.25, -0.2) is 0 Å². The first-order chi connectivity index (χ1) is 16.8. The summed E-state index contributed by atoms with van der Waals surface area (Å²) in [4.78, 5) is 0. The van der Waals surface area contributed by atoms with Gasteiger partial charge in [-0.1, -0.05) is 109 Å². The maximum Gasteiger partial charge on any atom is 0.460 e. The molecule has 0 amide bonds. The summed E-state index contributed by atoms with van der Waals surface area (Å²) in [6, 6.07) is 0. The lowest BCUT2D eigenvalue weighted by molar-refractivity contribution is -0.388. The van der Waals surface area contributed by atoms with Crippen molar-refractivity contribution in [3.05, 3.63) is 12.2 Å². The molecule has 0 aromatic rings. The van der Waals surface area contributed by atoms with Gasteiger partial charge in [-0.2, -0.15) is 39.5 Å². The molecule has 216 valence electrons. The van der Waals surface area contributed by atoms with E-state index >= 15 is 0 Å². The first kappa shape index (κ1) is 35.1. The number of aliphatic hydroxyl groups is 1. The van der Waals surface area contributed by atoms with Crippen molar-refractivity contribution >= 4 is 0 Å². The number of rotatable bonds is 23. The average Bonchev–Trinajstić information content (AvgIpc) is 2.79. The molecule has 1 nitrogen and oxygen atoms in total. The van der Waals surface area contributed by atoms with Gasteiger partial charge in [0.2, 0.25) is 0 Å². The van der Waals surface area contributed by atoms with E-state index < -0.39 is 30.0 Å². The second-order valence-corrected chi connectivity index (χ2v) is 9.55. The lowest BCUT2D eigenvalue weighted by atomic mass is 10.0. The summed E-state index contributed by atoms with van der Waals surface area (Å²) in [5.74, 6) is -19.0. The normalized spacial score (nSPS) is 13.7. The van der Waals surface area contributed by atoms with Crippen LogP contribution in [-0.4, -0.2) is 35.7 Å². The third-order valence-corrected chi connectivity index (χ3v) is 6.28. The summed E-state index contributed by atoms with van der Waals surface area (Å²) in [7, 11) is 0. The molecule has 0 heterocycles. The number of halogens is 9. The fourth-order valence-corrected chi connectivity index (χ4v) is 3.93. The maximum atomic E-state index is 13.3. The van der Waals surface area contributed by atoms with Crippen LogP contribution >= 0.6 is 0 Å². The highest BCUT2D eigenvalue weighted by Crippen LogP contribution is 2.53. The molecule has 0 rings (SSSR count). The van der Waals surface area contributed by atoms with Gasteiger partial charge in [-0.05, 0) is 25.3 Å². The zero-order valence-electron chi connectivity index (χ0n) is 21.1. The molecule has 0 aliphatic heterocycles. The summed E-state index contributed by atoms with van der Waals surface area (Å²) in [5, 5.41) is 8.71. The van der Waals surface area contributed by atoms with Crippen LogP contribution in [0, 0.1) is 0 Å². The second kappa shape index (κ2) is 18.3. The van der Waals surface area contributed by atoms with Crippen molar-refractivity contribution in [3.8, 4) is 0 Å². The monoisotopic (exact) mass is 542 g/mol. The minimum Gasteiger partial charge on any atom is -0.396 e. The van der Waals surface area contributed by atoms with E-state index in [9.17, 15) is 39.5 Å². The summed E-state index contributed by atoms with van der Waals surface area (Å²) >= 11 is 0. The van der Waals surface area contributed by atoms with Crippen molar-refractivity contribution in [2.45, 2.75) is 146 Å². The third kappa shape index (κ3) is 13.6. The molecule has 1 N–H and O–H groups in total. The molecular formula is C26H43F9O. The molecule has 0 aliphatic carbocycles. The van der Waals surface area contributed by atoms with Gasteiger partial charge < -0.3 is 5.11 Å². The lowest BCUT2D eigenvalue weighted by Gasteiger charge is -2.32. The first-order valence-corrected chi connectivity index (χ1v) is 13.3. The van der Waals surface area contributed by atoms with Crippen LogP contribution in [0.25, 0.3) is 0 Å². The second-order valence-electron chi connectivity index (χ2n) is 9.55. The SMILES string of the molecule is OCCCCCCCCCCCCCCCCCCCC/C=C/C(F)(F)C(F)(F)C(F)(F)C(F)(F)F. The van der Waals surface area contributed by atoms with E-state index in [0.717, 1.165) is 44.9 Å². The van der Waals surface area contributed by atoms with E-state index in [2.05, 4.69) is 0 Å². The number of alkyl halides is 9. The Bertz CT molecular complexity index is 560. The Morgan fingerprint density at radius 1 is 0.417 bits per heavy atom. The van der Waals surface area contributed by atoms with E-state index in [1.165, 1.54) is 57.8 Å². The van der Waals surface area contributed by atoms with Gasteiger partial charge in [-0.15, -0.1) is 0 Å². The van der Waals surface area contributed by atoms with Crippen molar-refractivity contribution in [1.29, 1.82) is 0 Å². The van der Waals surface area contributed by atoms with Gasteiger partial charge in [0.25, 0.3) is 0 Å². The maximum absolute atomic E-state index is 13.3. The Balaban J connectivity index is 3.68. The van der Waals surface area contributed by atoms with E-state index in [1.54, 1.807) is 0 Å². The molecule has 0 saturated carbocycles. The predicted octanol–water partition coefficient (Wildman–Crippen LogP) is 10.4. The van der Waals surface area contributed by atoms with Crippen LogP contribution in [-0.2, 0) is 0 Å². The van der Waals surface area contributed by atoms with Crippen molar-refractivity contribution < 1.29 is 44.6 Å². The molecule has 0 aromatic heterocycles. The van der Waals surface area contributed by atoms with Crippen LogP contribution in [0.2, 0.25) is 0 Å². The summed E-state index contributed by atoms with van der Waals surface area (Å²) in [6.07, 6.45) is 12.3. The summed E-state index contributed by atoms with van der Waals surface area (Å²) in [6.45, 7) is 0.285. The summed E-state index contributed by atoms with van der Waals surface area (Å²) in [5.41, 5.74) is 0. The standard InChI is InChI=1S/C26H43F9O/c27-23(28,24(29,30)25(31,32)26(33,34)35)21-19-17-15-13-11-9-7-5-3-1-2-4-6-8-10-12-14-16-18-20-22-36/h19,21,36H,1-18,20,22H2/b21-19+. The van der Waals surface area contributed by atoms with E-state index in [-0.39, 0.29) is 13.0 Å². The Kier molecular flexibility index (Phi) is 17.9. The van der Waals surface area contributed by atoms with E-state index in [0.29, 0.717) is 18.9 Å². The molecule has 0 spiro atoms. The van der Waals surface area contributed by atoms with Crippen LogP contribution in [0.4, 0.5) is 39.5 Å². The number of unbranched alkanes of at least 4 members (excludes halogenated alkanes) is 18. The molecule has 36 heavy (non-hydrogen) atoms. The lowest BCUT2D eigenvalue weighted by Crippen LogP contribution is -2.60. The molecule has 0 bridgehead atoms. The van der Waals surface area contributed by atoms with Gasteiger partial charge in [-0.3, -0.25) is 0 Å². The van der Waals surface area contributed by atoms with Gasteiger partial charge in [0.05, 0.1) is 0 Å². The van der Waals surface area contributed by atoms with Gasteiger partial charge >= 0.3 is 23.9 Å². The first-order valence-electron chi connectivity index (χ1n) is 13.3. The minimum absolute atomic E-state index is 0.104. The Morgan fingerprint density at radius 3 is 1.03 bits per heavy atom. The molecule has 0 unspecified atom stereocenters. The third-order valence-electron chi connectivity index (χ3n) is 6.28. The van der Waals surface area contributed by atoms with Gasteiger partial charge in [0, 0.05) is 6.61 Å². The van der Waals surface area contributed by atoms with Crippen molar-refractivity contribution in [2.24, 2.45) is 0 Å². The Hall–Kier alpha value is -0.930. The van der Waals surface area contributed by atoms with Crippen LogP contribution in [0.15, 0.2) is 12.2 Å². The average molecular weight is 543 g/mol.